The molecule has 0 radical (unpaired) electrons. The van der Waals surface area contributed by atoms with Crippen molar-refractivity contribution in [3.8, 4) is 0 Å². The molecular formula is C16H16N2O7S. The van der Waals surface area contributed by atoms with Gasteiger partial charge in [0.25, 0.3) is 11.8 Å². The highest BCUT2D eigenvalue weighted by Crippen LogP contribution is 2.27. The van der Waals surface area contributed by atoms with Crippen molar-refractivity contribution in [2.75, 3.05) is 18.5 Å². The molecule has 2 aromatic rings. The van der Waals surface area contributed by atoms with E-state index in [2.05, 4.69) is 5.32 Å². The third kappa shape index (κ3) is 4.28. The third-order valence-electron chi connectivity index (χ3n) is 3.12. The van der Waals surface area contributed by atoms with Crippen molar-refractivity contribution in [1.82, 2.24) is 0 Å². The number of aryl methyl sites for hydroxylation is 1. The number of primary amides is 1. The first-order valence-electron chi connectivity index (χ1n) is 7.45. The number of hydrogen-bond donors (Lipinski definition) is 2. The SMILES string of the molecule is CCOC(=O)c1c(C)oc(NC(=O)COC(=O)c2cccs2)c1C(N)=O. The van der Waals surface area contributed by atoms with Crippen LogP contribution >= 0.6 is 11.3 Å². The molecule has 0 aromatic carbocycles. The van der Waals surface area contributed by atoms with E-state index >= 15 is 0 Å². The van der Waals surface area contributed by atoms with Gasteiger partial charge in [0.2, 0.25) is 5.88 Å². The van der Waals surface area contributed by atoms with Gasteiger partial charge in [-0.2, -0.15) is 0 Å². The minimum atomic E-state index is -0.976. The van der Waals surface area contributed by atoms with E-state index < -0.39 is 30.4 Å². The summed E-state index contributed by atoms with van der Waals surface area (Å²) in [5, 5.41) is 3.96. The van der Waals surface area contributed by atoms with Crippen LogP contribution in [0.5, 0.6) is 0 Å². The van der Waals surface area contributed by atoms with Crippen LogP contribution in [0.1, 0.15) is 43.1 Å². The van der Waals surface area contributed by atoms with Crippen LogP contribution in [0.15, 0.2) is 21.9 Å². The summed E-state index contributed by atoms with van der Waals surface area (Å²) in [6.45, 7) is 2.50. The molecule has 26 heavy (non-hydrogen) atoms. The van der Waals surface area contributed by atoms with Crippen LogP contribution in [-0.2, 0) is 14.3 Å². The molecule has 0 saturated carbocycles. The van der Waals surface area contributed by atoms with Gasteiger partial charge >= 0.3 is 11.9 Å². The monoisotopic (exact) mass is 380 g/mol. The lowest BCUT2D eigenvalue weighted by molar-refractivity contribution is -0.119. The zero-order chi connectivity index (χ0) is 19.3. The van der Waals surface area contributed by atoms with Gasteiger partial charge in [-0.05, 0) is 25.3 Å². The fourth-order valence-electron chi connectivity index (χ4n) is 2.08. The molecule has 2 rings (SSSR count). The number of thiophene rings is 1. The number of furan rings is 1. The molecule has 0 unspecified atom stereocenters. The predicted octanol–water partition coefficient (Wildman–Crippen LogP) is 1.72. The van der Waals surface area contributed by atoms with Crippen molar-refractivity contribution >= 4 is 41.0 Å². The van der Waals surface area contributed by atoms with Gasteiger partial charge in [0.1, 0.15) is 21.8 Å². The number of nitrogens with one attached hydrogen (secondary N) is 1. The molecule has 0 bridgehead atoms. The van der Waals surface area contributed by atoms with Gasteiger partial charge in [-0.15, -0.1) is 11.3 Å². The van der Waals surface area contributed by atoms with E-state index in [9.17, 15) is 19.2 Å². The van der Waals surface area contributed by atoms with Gasteiger partial charge in [-0.25, -0.2) is 9.59 Å². The number of ether oxygens (including phenoxy) is 2. The maximum Gasteiger partial charge on any atom is 0.348 e. The molecule has 2 aromatic heterocycles. The van der Waals surface area contributed by atoms with Crippen LogP contribution in [0.25, 0.3) is 0 Å². The van der Waals surface area contributed by atoms with Gasteiger partial charge in [0.05, 0.1) is 6.61 Å². The molecule has 0 saturated heterocycles. The van der Waals surface area contributed by atoms with E-state index in [0.717, 1.165) is 0 Å². The van der Waals surface area contributed by atoms with Gasteiger partial charge in [0, 0.05) is 0 Å². The summed E-state index contributed by atoms with van der Waals surface area (Å²) >= 11 is 1.17. The molecule has 10 heteroatoms. The third-order valence-corrected chi connectivity index (χ3v) is 3.97. The Kier molecular flexibility index (Phi) is 6.12. The Morgan fingerprint density at radius 1 is 1.19 bits per heavy atom. The molecule has 138 valence electrons. The number of esters is 2. The van der Waals surface area contributed by atoms with E-state index in [1.807, 2.05) is 0 Å². The summed E-state index contributed by atoms with van der Waals surface area (Å²) in [6.07, 6.45) is 0. The van der Waals surface area contributed by atoms with Crippen LogP contribution in [0.4, 0.5) is 5.88 Å². The van der Waals surface area contributed by atoms with Crippen molar-refractivity contribution in [2.24, 2.45) is 5.73 Å². The summed E-state index contributed by atoms with van der Waals surface area (Å²) in [7, 11) is 0. The van der Waals surface area contributed by atoms with Crippen LogP contribution in [0.3, 0.4) is 0 Å². The average Bonchev–Trinajstić information content (AvgIpc) is 3.20. The van der Waals surface area contributed by atoms with E-state index in [1.165, 1.54) is 18.3 Å². The largest absolute Gasteiger partial charge is 0.462 e. The highest BCUT2D eigenvalue weighted by molar-refractivity contribution is 7.11. The second kappa shape index (κ2) is 8.30. The smallest absolute Gasteiger partial charge is 0.348 e. The summed E-state index contributed by atoms with van der Waals surface area (Å²) in [5.74, 6) is -3.45. The second-order valence-electron chi connectivity index (χ2n) is 4.92. The topological polar surface area (TPSA) is 138 Å². The number of rotatable bonds is 7. The first-order chi connectivity index (χ1) is 12.3. The van der Waals surface area contributed by atoms with Crippen molar-refractivity contribution in [2.45, 2.75) is 13.8 Å². The molecule has 0 atom stereocenters. The Balaban J connectivity index is 2.12. The van der Waals surface area contributed by atoms with Crippen LogP contribution in [-0.4, -0.2) is 37.0 Å². The normalized spacial score (nSPS) is 10.2. The maximum absolute atomic E-state index is 12.0. The fourth-order valence-corrected chi connectivity index (χ4v) is 2.69. The standard InChI is InChI=1S/C16H16N2O7S/c1-3-23-16(22)11-8(2)25-14(12(11)13(17)20)18-10(19)7-24-15(21)9-5-4-6-26-9/h4-6H,3,7H2,1-2H3,(H2,17,20)(H,18,19). The summed E-state index contributed by atoms with van der Waals surface area (Å²) < 4.78 is 15.0. The van der Waals surface area contributed by atoms with Crippen molar-refractivity contribution in [3.05, 3.63) is 39.3 Å². The van der Waals surface area contributed by atoms with E-state index in [4.69, 9.17) is 19.6 Å². The summed E-state index contributed by atoms with van der Waals surface area (Å²) in [6, 6.07) is 3.22. The molecule has 0 aliphatic carbocycles. The average molecular weight is 380 g/mol. The zero-order valence-corrected chi connectivity index (χ0v) is 14.8. The zero-order valence-electron chi connectivity index (χ0n) is 14.0. The molecule has 2 amide bonds. The summed E-state index contributed by atoms with van der Waals surface area (Å²) in [5.41, 5.74) is 4.81. The Morgan fingerprint density at radius 2 is 1.92 bits per heavy atom. The Hall–Kier alpha value is -3.14. The lowest BCUT2D eigenvalue weighted by atomic mass is 10.1. The Labute approximate surface area is 152 Å². The minimum Gasteiger partial charge on any atom is -0.462 e. The fraction of sp³-hybridized carbons (Fsp3) is 0.250. The molecule has 0 spiro atoms. The quantitative estimate of drug-likeness (QED) is 0.697. The molecule has 0 aliphatic heterocycles. The number of amides is 2. The van der Waals surface area contributed by atoms with Crippen molar-refractivity contribution in [1.29, 1.82) is 0 Å². The molecule has 0 fully saturated rings. The minimum absolute atomic E-state index is 0.0585. The van der Waals surface area contributed by atoms with Crippen LogP contribution < -0.4 is 11.1 Å². The predicted molar refractivity (Wildman–Crippen MR) is 91.2 cm³/mol. The van der Waals surface area contributed by atoms with Crippen LogP contribution in [0.2, 0.25) is 0 Å². The first kappa shape index (κ1) is 19.2. The number of nitrogens with two attached hydrogens (primary N) is 1. The molecular weight excluding hydrogens is 364 g/mol. The van der Waals surface area contributed by atoms with Crippen molar-refractivity contribution < 1.29 is 33.1 Å². The second-order valence-corrected chi connectivity index (χ2v) is 5.87. The van der Waals surface area contributed by atoms with Crippen LogP contribution in [0, 0.1) is 6.92 Å². The number of carbonyl (C=O) groups excluding carboxylic acids is 4. The molecule has 2 heterocycles. The molecule has 9 nitrogen and oxygen atoms in total. The number of anilines is 1. The Morgan fingerprint density at radius 3 is 2.50 bits per heavy atom. The lowest BCUT2D eigenvalue weighted by Crippen LogP contribution is -2.23. The highest BCUT2D eigenvalue weighted by Gasteiger charge is 2.29. The van der Waals surface area contributed by atoms with E-state index in [-0.39, 0.29) is 29.4 Å². The Bertz CT molecular complexity index is 839. The first-order valence-corrected chi connectivity index (χ1v) is 8.33. The number of hydrogen-bond acceptors (Lipinski definition) is 8. The molecule has 3 N–H and O–H groups in total. The summed E-state index contributed by atoms with van der Waals surface area (Å²) in [4.78, 5) is 47.7. The van der Waals surface area contributed by atoms with Crippen molar-refractivity contribution in [3.63, 3.8) is 0 Å². The van der Waals surface area contributed by atoms with E-state index in [0.29, 0.717) is 4.88 Å². The maximum atomic E-state index is 12.0. The van der Waals surface area contributed by atoms with E-state index in [1.54, 1.807) is 24.4 Å². The highest BCUT2D eigenvalue weighted by atomic mass is 32.1. The number of carbonyl (C=O) groups is 4. The van der Waals surface area contributed by atoms with Gasteiger partial charge in [0.15, 0.2) is 6.61 Å². The molecule has 0 aliphatic rings. The van der Waals surface area contributed by atoms with Gasteiger partial charge < -0.3 is 19.6 Å². The lowest BCUT2D eigenvalue weighted by Gasteiger charge is -2.05. The van der Waals surface area contributed by atoms with Gasteiger partial charge in [-0.1, -0.05) is 6.07 Å². The van der Waals surface area contributed by atoms with Gasteiger partial charge in [-0.3, -0.25) is 14.9 Å².